The van der Waals surface area contributed by atoms with E-state index in [0.29, 0.717) is 24.7 Å². The van der Waals surface area contributed by atoms with Crippen LogP contribution in [0.3, 0.4) is 0 Å². The molecule has 3 saturated carbocycles. The number of hydrogen-bond acceptors (Lipinski definition) is 6. The first kappa shape index (κ1) is 22.9. The van der Waals surface area contributed by atoms with E-state index in [2.05, 4.69) is 20.4 Å². The Morgan fingerprint density at radius 2 is 1.75 bits per heavy atom. The molecule has 6 atom stereocenters. The third-order valence-corrected chi connectivity index (χ3v) is 9.22. The number of ketones is 2. The van der Waals surface area contributed by atoms with Gasteiger partial charge in [0, 0.05) is 25.7 Å². The Morgan fingerprint density at radius 3 is 2.41 bits per heavy atom. The van der Waals surface area contributed by atoms with Crippen molar-refractivity contribution < 1.29 is 28.7 Å². The van der Waals surface area contributed by atoms with E-state index in [9.17, 15) is 19.2 Å². The summed E-state index contributed by atoms with van der Waals surface area (Å²) in [6.07, 6.45) is 6.89. The third kappa shape index (κ3) is 3.20. The van der Waals surface area contributed by atoms with Crippen molar-refractivity contribution in [1.29, 1.82) is 0 Å². The SMILES string of the molecule is C=C1CC2C(CC[C@@]3(C)C2CC[C@]3(OC(C)=O)C(=O)COC(C)=O)[C@@]2(C)CCC(=O)C=C12. The summed E-state index contributed by atoms with van der Waals surface area (Å²) < 4.78 is 10.9. The molecule has 4 aliphatic rings. The van der Waals surface area contributed by atoms with E-state index in [1.54, 1.807) is 0 Å². The average Bonchev–Trinajstić information content (AvgIpc) is 3.00. The van der Waals surface area contributed by atoms with Crippen LogP contribution < -0.4 is 0 Å². The summed E-state index contributed by atoms with van der Waals surface area (Å²) in [6.45, 7) is 10.9. The van der Waals surface area contributed by atoms with Crippen molar-refractivity contribution >= 4 is 23.5 Å². The Bertz CT molecular complexity index is 931. The van der Waals surface area contributed by atoms with Crippen molar-refractivity contribution in [2.45, 2.75) is 78.2 Å². The van der Waals surface area contributed by atoms with E-state index in [1.807, 2.05) is 6.08 Å². The van der Waals surface area contributed by atoms with Crippen LogP contribution in [-0.4, -0.2) is 35.7 Å². The van der Waals surface area contributed by atoms with Crippen molar-refractivity contribution in [3.8, 4) is 0 Å². The third-order valence-electron chi connectivity index (χ3n) is 9.22. The molecule has 0 N–H and O–H groups in total. The number of Topliss-reactive ketones (excluding diaryl/α,β-unsaturated/α-hetero) is 1. The summed E-state index contributed by atoms with van der Waals surface area (Å²) in [6, 6.07) is 0. The number of esters is 2. The second-order valence-corrected chi connectivity index (χ2v) is 10.7. The summed E-state index contributed by atoms with van der Waals surface area (Å²) in [7, 11) is 0. The monoisotopic (exact) mass is 442 g/mol. The Morgan fingerprint density at radius 1 is 1.06 bits per heavy atom. The molecule has 32 heavy (non-hydrogen) atoms. The van der Waals surface area contributed by atoms with Gasteiger partial charge in [0.2, 0.25) is 5.78 Å². The molecule has 0 aromatic rings. The Balaban J connectivity index is 1.71. The van der Waals surface area contributed by atoms with Gasteiger partial charge in [0.1, 0.15) is 0 Å². The summed E-state index contributed by atoms with van der Waals surface area (Å²) in [5.41, 5.74) is 0.268. The minimum absolute atomic E-state index is 0.0797. The topological polar surface area (TPSA) is 86.7 Å². The van der Waals surface area contributed by atoms with Crippen LogP contribution in [0.2, 0.25) is 0 Å². The molecule has 4 rings (SSSR count). The second kappa shape index (κ2) is 7.67. The Kier molecular flexibility index (Phi) is 5.50. The van der Waals surface area contributed by atoms with Crippen LogP contribution in [0.1, 0.15) is 72.6 Å². The molecular weight excluding hydrogens is 408 g/mol. The van der Waals surface area contributed by atoms with Gasteiger partial charge in [0.05, 0.1) is 0 Å². The summed E-state index contributed by atoms with van der Waals surface area (Å²) in [4.78, 5) is 49.0. The molecule has 4 aliphatic carbocycles. The van der Waals surface area contributed by atoms with Crippen LogP contribution in [0, 0.1) is 28.6 Å². The lowest BCUT2D eigenvalue weighted by Crippen LogP contribution is -2.60. The molecule has 6 heteroatoms. The first-order valence-corrected chi connectivity index (χ1v) is 11.7. The fourth-order valence-corrected chi connectivity index (χ4v) is 7.77. The molecule has 0 radical (unpaired) electrons. The van der Waals surface area contributed by atoms with E-state index in [-0.39, 0.29) is 29.5 Å². The van der Waals surface area contributed by atoms with Gasteiger partial charge >= 0.3 is 11.9 Å². The molecular formula is C26H34O6. The molecule has 0 aliphatic heterocycles. The predicted molar refractivity (Wildman–Crippen MR) is 117 cm³/mol. The molecule has 0 saturated heterocycles. The van der Waals surface area contributed by atoms with E-state index < -0.39 is 23.0 Å². The van der Waals surface area contributed by atoms with Crippen molar-refractivity contribution in [3.63, 3.8) is 0 Å². The van der Waals surface area contributed by atoms with Gasteiger partial charge in [-0.25, -0.2) is 0 Å². The maximum absolute atomic E-state index is 13.4. The summed E-state index contributed by atoms with van der Waals surface area (Å²) in [5, 5.41) is 0. The smallest absolute Gasteiger partial charge is 0.303 e. The first-order chi connectivity index (χ1) is 14.9. The largest absolute Gasteiger partial charge is 0.458 e. The number of ether oxygens (including phenoxy) is 2. The second-order valence-electron chi connectivity index (χ2n) is 10.7. The van der Waals surface area contributed by atoms with Gasteiger partial charge in [0.15, 0.2) is 18.0 Å². The van der Waals surface area contributed by atoms with Crippen LogP contribution in [-0.2, 0) is 28.7 Å². The minimum Gasteiger partial charge on any atom is -0.458 e. The highest BCUT2D eigenvalue weighted by molar-refractivity contribution is 5.93. The number of hydrogen-bond donors (Lipinski definition) is 0. The van der Waals surface area contributed by atoms with Crippen LogP contribution in [0.4, 0.5) is 0 Å². The number of allylic oxidation sites excluding steroid dienone is 2. The zero-order valence-electron chi connectivity index (χ0n) is 19.6. The molecule has 0 aromatic heterocycles. The van der Waals surface area contributed by atoms with Gasteiger partial charge in [-0.05, 0) is 73.3 Å². The van der Waals surface area contributed by atoms with E-state index in [4.69, 9.17) is 9.47 Å². The summed E-state index contributed by atoms with van der Waals surface area (Å²) >= 11 is 0. The van der Waals surface area contributed by atoms with Gasteiger partial charge in [-0.3, -0.25) is 19.2 Å². The quantitative estimate of drug-likeness (QED) is 0.609. The lowest BCUT2D eigenvalue weighted by Gasteiger charge is -2.59. The van der Waals surface area contributed by atoms with Crippen LogP contribution in [0.15, 0.2) is 23.8 Å². The Labute approximate surface area is 189 Å². The molecule has 6 nitrogen and oxygen atoms in total. The molecule has 0 bridgehead atoms. The molecule has 0 spiro atoms. The zero-order chi connectivity index (χ0) is 23.5. The molecule has 3 unspecified atom stereocenters. The number of carbonyl (C=O) groups excluding carboxylic acids is 4. The van der Waals surface area contributed by atoms with Crippen molar-refractivity contribution in [2.75, 3.05) is 6.61 Å². The fourth-order valence-electron chi connectivity index (χ4n) is 7.77. The first-order valence-electron chi connectivity index (χ1n) is 11.7. The molecule has 0 amide bonds. The highest BCUT2D eigenvalue weighted by Crippen LogP contribution is 2.69. The van der Waals surface area contributed by atoms with Gasteiger partial charge in [-0.1, -0.05) is 26.0 Å². The lowest BCUT2D eigenvalue weighted by atomic mass is 9.45. The number of carbonyl (C=O) groups is 4. The molecule has 0 aromatic carbocycles. The van der Waals surface area contributed by atoms with Crippen LogP contribution in [0.5, 0.6) is 0 Å². The zero-order valence-corrected chi connectivity index (χ0v) is 19.6. The van der Waals surface area contributed by atoms with E-state index >= 15 is 0 Å². The molecule has 174 valence electrons. The van der Waals surface area contributed by atoms with Gasteiger partial charge < -0.3 is 9.47 Å². The van der Waals surface area contributed by atoms with Crippen LogP contribution in [0.25, 0.3) is 0 Å². The standard InChI is InChI=1S/C26H34O6/c1-15-12-19-20(24(4)9-6-18(29)13-22(15)24)7-10-25(5)21(19)8-11-26(25,32-17(3)28)23(30)14-31-16(2)27/h13,19-21H,1,6-12,14H2,2-5H3/t19?,20?,21?,24-,25+,26+/m1/s1. The minimum atomic E-state index is -1.27. The average molecular weight is 443 g/mol. The van der Waals surface area contributed by atoms with Gasteiger partial charge in [-0.2, -0.15) is 0 Å². The normalized spacial score (nSPS) is 40.5. The maximum atomic E-state index is 13.4. The maximum Gasteiger partial charge on any atom is 0.303 e. The molecule has 0 heterocycles. The predicted octanol–water partition coefficient (Wildman–Crippen LogP) is 4.12. The van der Waals surface area contributed by atoms with Crippen molar-refractivity contribution in [3.05, 3.63) is 23.8 Å². The van der Waals surface area contributed by atoms with Crippen molar-refractivity contribution in [2.24, 2.45) is 28.6 Å². The highest BCUT2D eigenvalue weighted by atomic mass is 16.6. The van der Waals surface area contributed by atoms with E-state index in [1.165, 1.54) is 13.8 Å². The fraction of sp³-hybridized carbons (Fsp3) is 0.692. The lowest BCUT2D eigenvalue weighted by molar-refractivity contribution is -0.190. The van der Waals surface area contributed by atoms with Crippen molar-refractivity contribution in [1.82, 2.24) is 0 Å². The molecule has 3 fully saturated rings. The van der Waals surface area contributed by atoms with E-state index in [0.717, 1.165) is 43.3 Å². The summed E-state index contributed by atoms with van der Waals surface area (Å²) in [5.74, 6) is -0.240. The van der Waals surface area contributed by atoms with Gasteiger partial charge in [-0.15, -0.1) is 0 Å². The number of rotatable bonds is 4. The van der Waals surface area contributed by atoms with Crippen LogP contribution >= 0.6 is 0 Å². The Hall–Kier alpha value is -2.24. The van der Waals surface area contributed by atoms with Gasteiger partial charge in [0.25, 0.3) is 0 Å². The highest BCUT2D eigenvalue weighted by Gasteiger charge is 2.68. The number of fused-ring (bicyclic) bond motifs is 5.